The molecule has 13 heteroatoms. The molecular weight excluding hydrogens is 702 g/mol. The number of nitrogens with zero attached hydrogens (tertiary/aromatic N) is 3. The molecule has 1 saturated heterocycles. The summed E-state index contributed by atoms with van der Waals surface area (Å²) in [4.78, 5) is 50.5. The summed E-state index contributed by atoms with van der Waals surface area (Å²) in [5.41, 5.74) is 1.41. The van der Waals surface area contributed by atoms with Crippen LogP contribution in [0.5, 0.6) is 11.5 Å². The van der Waals surface area contributed by atoms with Gasteiger partial charge in [0.05, 0.1) is 32.7 Å². The number of nitrogens with one attached hydrogen (secondary N) is 2. The summed E-state index contributed by atoms with van der Waals surface area (Å²) in [5.74, 6) is 0.164. The number of methoxy groups -OCH3 is 2. The quantitative estimate of drug-likeness (QED) is 0.102. The zero-order chi connectivity index (χ0) is 38.5. The molecule has 1 amide bonds. The van der Waals surface area contributed by atoms with Gasteiger partial charge in [0.15, 0.2) is 11.2 Å². The van der Waals surface area contributed by atoms with E-state index in [1.165, 1.54) is 6.33 Å². The molecule has 2 N–H and O–H groups in total. The molecule has 282 valence electrons. The number of H-pyrrole nitrogens is 1. The van der Waals surface area contributed by atoms with Gasteiger partial charge in [0.25, 0.3) is 5.56 Å². The Morgan fingerprint density at radius 2 is 1.45 bits per heavy atom. The third kappa shape index (κ3) is 7.57. The number of benzene rings is 4. The lowest BCUT2D eigenvalue weighted by Gasteiger charge is -2.37. The van der Waals surface area contributed by atoms with Gasteiger partial charge in [-0.1, -0.05) is 86.6 Å². The molecule has 0 bridgehead atoms. The number of amides is 1. The molecule has 1 fully saturated rings. The molecule has 2 aromatic heterocycles. The molecule has 0 radical (unpaired) electrons. The molecular formula is C42H41N5O8. The highest BCUT2D eigenvalue weighted by atomic mass is 16.6. The van der Waals surface area contributed by atoms with E-state index in [4.69, 9.17) is 23.7 Å². The molecule has 13 nitrogen and oxygen atoms in total. The van der Waals surface area contributed by atoms with E-state index in [1.54, 1.807) is 56.9 Å². The smallest absolute Gasteiger partial charge is 0.338 e. The third-order valence-electron chi connectivity index (χ3n) is 9.59. The van der Waals surface area contributed by atoms with Crippen molar-refractivity contribution < 1.29 is 33.3 Å². The van der Waals surface area contributed by atoms with Crippen molar-refractivity contribution in [2.24, 2.45) is 5.92 Å². The summed E-state index contributed by atoms with van der Waals surface area (Å²) in [6.45, 7) is 3.43. The first-order chi connectivity index (χ1) is 26.7. The van der Waals surface area contributed by atoms with Gasteiger partial charge in [0, 0.05) is 12.3 Å². The third-order valence-corrected chi connectivity index (χ3v) is 9.59. The summed E-state index contributed by atoms with van der Waals surface area (Å²) >= 11 is 0. The molecule has 0 spiro atoms. The molecule has 1 aliphatic heterocycles. The van der Waals surface area contributed by atoms with Crippen LogP contribution >= 0.6 is 0 Å². The minimum Gasteiger partial charge on any atom is -0.497 e. The van der Waals surface area contributed by atoms with Crippen LogP contribution in [0.4, 0.5) is 5.95 Å². The Hall–Kier alpha value is -6.31. The van der Waals surface area contributed by atoms with Crippen LogP contribution in [-0.4, -0.2) is 64.4 Å². The SMILES string of the molecule is COc1ccc(C(OC[C@H]2O[C@@H](n3cnc4c(=O)[nH]c(NC(=O)C(C)C)nc43)C[C@H]2OC(=O)c2ccccc2)(c2ccccc2)c2ccc(OC)cc2)cc1. The minimum absolute atomic E-state index is 0.0190. The molecule has 0 aliphatic carbocycles. The number of carbonyl (C=O) groups is 2. The lowest BCUT2D eigenvalue weighted by atomic mass is 9.80. The Morgan fingerprint density at radius 1 is 0.873 bits per heavy atom. The number of ether oxygens (including phenoxy) is 5. The van der Waals surface area contributed by atoms with Crippen LogP contribution < -0.4 is 20.3 Å². The maximum atomic E-state index is 13.5. The van der Waals surface area contributed by atoms with Crippen LogP contribution in [0.2, 0.25) is 0 Å². The van der Waals surface area contributed by atoms with Crippen LogP contribution in [-0.2, 0) is 24.6 Å². The zero-order valence-corrected chi connectivity index (χ0v) is 30.8. The van der Waals surface area contributed by atoms with Crippen molar-refractivity contribution in [1.82, 2.24) is 19.5 Å². The van der Waals surface area contributed by atoms with Crippen molar-refractivity contribution in [2.75, 3.05) is 26.1 Å². The number of aromatic nitrogens is 4. The number of imidazole rings is 1. The largest absolute Gasteiger partial charge is 0.497 e. The molecule has 1 aliphatic rings. The van der Waals surface area contributed by atoms with Crippen LogP contribution in [0.3, 0.4) is 0 Å². The first-order valence-electron chi connectivity index (χ1n) is 17.9. The number of fused-ring (bicyclic) bond motifs is 1. The van der Waals surface area contributed by atoms with Crippen LogP contribution in [0.25, 0.3) is 11.2 Å². The van der Waals surface area contributed by atoms with Gasteiger partial charge in [0.2, 0.25) is 11.9 Å². The minimum atomic E-state index is -1.17. The van der Waals surface area contributed by atoms with E-state index in [1.807, 2.05) is 84.9 Å². The van der Waals surface area contributed by atoms with E-state index in [-0.39, 0.29) is 42.0 Å². The molecule has 0 unspecified atom stereocenters. The van der Waals surface area contributed by atoms with Crippen molar-refractivity contribution >= 4 is 29.0 Å². The van der Waals surface area contributed by atoms with Crippen molar-refractivity contribution in [2.45, 2.75) is 44.3 Å². The molecule has 3 heterocycles. The Balaban J connectivity index is 1.28. The van der Waals surface area contributed by atoms with Crippen molar-refractivity contribution in [3.05, 3.63) is 148 Å². The van der Waals surface area contributed by atoms with Gasteiger partial charge in [-0.25, -0.2) is 9.78 Å². The fourth-order valence-electron chi connectivity index (χ4n) is 6.66. The van der Waals surface area contributed by atoms with Gasteiger partial charge in [-0.15, -0.1) is 0 Å². The first kappa shape index (κ1) is 37.0. The second-order valence-corrected chi connectivity index (χ2v) is 13.4. The molecule has 6 aromatic rings. The summed E-state index contributed by atoms with van der Waals surface area (Å²) in [6.07, 6.45) is -0.727. The zero-order valence-electron chi connectivity index (χ0n) is 30.8. The van der Waals surface area contributed by atoms with E-state index < -0.39 is 35.6 Å². The number of anilines is 1. The van der Waals surface area contributed by atoms with Gasteiger partial charge in [0.1, 0.15) is 35.5 Å². The topological polar surface area (TPSA) is 156 Å². The highest BCUT2D eigenvalue weighted by Gasteiger charge is 2.44. The molecule has 0 saturated carbocycles. The number of esters is 1. The number of hydrogen-bond donors (Lipinski definition) is 2. The summed E-state index contributed by atoms with van der Waals surface area (Å²) in [6, 6.07) is 33.9. The Bertz CT molecular complexity index is 2260. The van der Waals surface area contributed by atoms with Crippen molar-refractivity contribution in [3.63, 3.8) is 0 Å². The number of rotatable bonds is 13. The van der Waals surface area contributed by atoms with Gasteiger partial charge >= 0.3 is 5.97 Å². The van der Waals surface area contributed by atoms with E-state index in [0.717, 1.165) is 16.7 Å². The number of carbonyl (C=O) groups excluding carboxylic acids is 2. The first-order valence-corrected chi connectivity index (χ1v) is 17.9. The number of aromatic amines is 1. The van der Waals surface area contributed by atoms with Gasteiger partial charge in [-0.3, -0.25) is 24.5 Å². The second-order valence-electron chi connectivity index (χ2n) is 13.4. The lowest BCUT2D eigenvalue weighted by Crippen LogP contribution is -2.39. The van der Waals surface area contributed by atoms with E-state index in [9.17, 15) is 14.4 Å². The summed E-state index contributed by atoms with van der Waals surface area (Å²) < 4.78 is 32.6. The normalized spacial score (nSPS) is 16.9. The lowest BCUT2D eigenvalue weighted by molar-refractivity contribution is -0.118. The van der Waals surface area contributed by atoms with Gasteiger partial charge in [-0.2, -0.15) is 4.98 Å². The second kappa shape index (κ2) is 16.0. The van der Waals surface area contributed by atoms with E-state index in [0.29, 0.717) is 17.1 Å². The van der Waals surface area contributed by atoms with Crippen LogP contribution in [0.15, 0.2) is 120 Å². The van der Waals surface area contributed by atoms with Crippen LogP contribution in [0.1, 0.15) is 53.5 Å². The average molecular weight is 744 g/mol. The van der Waals surface area contributed by atoms with Gasteiger partial charge in [-0.05, 0) is 53.1 Å². The van der Waals surface area contributed by atoms with Crippen molar-refractivity contribution in [1.29, 1.82) is 0 Å². The predicted octanol–water partition coefficient (Wildman–Crippen LogP) is 6.25. The van der Waals surface area contributed by atoms with Gasteiger partial charge < -0.3 is 23.7 Å². The number of hydrogen-bond acceptors (Lipinski definition) is 10. The summed E-state index contributed by atoms with van der Waals surface area (Å²) in [7, 11) is 3.23. The fourth-order valence-corrected chi connectivity index (χ4v) is 6.66. The fraction of sp³-hybridized carbons (Fsp3) is 0.262. The highest BCUT2D eigenvalue weighted by molar-refractivity contribution is 5.91. The van der Waals surface area contributed by atoms with Crippen molar-refractivity contribution in [3.8, 4) is 11.5 Å². The maximum Gasteiger partial charge on any atom is 0.338 e. The summed E-state index contributed by atoms with van der Waals surface area (Å²) in [5, 5.41) is 2.65. The van der Waals surface area contributed by atoms with Crippen LogP contribution in [0, 0.1) is 5.92 Å². The molecule has 7 rings (SSSR count). The molecule has 55 heavy (non-hydrogen) atoms. The molecule has 4 aromatic carbocycles. The maximum absolute atomic E-state index is 13.5. The average Bonchev–Trinajstić information content (AvgIpc) is 3.83. The Kier molecular flexibility index (Phi) is 10.7. The molecule has 3 atom stereocenters. The van der Waals surface area contributed by atoms with E-state index in [2.05, 4.69) is 20.3 Å². The highest BCUT2D eigenvalue weighted by Crippen LogP contribution is 2.43. The Labute approximate surface area is 317 Å². The monoisotopic (exact) mass is 743 g/mol. The standard InChI is InChI=1S/C42H41N5O8/c1-26(2)38(48)45-41-44-37-36(39(49)46-41)43-25-47(37)35-23-33(55-40(50)27-11-7-5-8-12-27)34(54-35)24-53-42(28-13-9-6-10-14-28,29-15-19-31(51-3)20-16-29)30-17-21-32(52-4)22-18-30/h5-22,25-26,33-35H,23-24H2,1-4H3,(H2,44,45,46,48,49)/t33-,34-,35-/m1/s1. The van der Waals surface area contributed by atoms with E-state index >= 15 is 0 Å². The Morgan fingerprint density at radius 3 is 2.04 bits per heavy atom. The predicted molar refractivity (Wildman–Crippen MR) is 204 cm³/mol.